The van der Waals surface area contributed by atoms with E-state index in [4.69, 9.17) is 0 Å². The van der Waals surface area contributed by atoms with E-state index in [9.17, 15) is 4.79 Å². The van der Waals surface area contributed by atoms with Gasteiger partial charge in [0.05, 0.1) is 12.2 Å². The predicted octanol–water partition coefficient (Wildman–Crippen LogP) is 1.71. The number of nitrogens with zero attached hydrogens (tertiary/aromatic N) is 4. The van der Waals surface area contributed by atoms with Gasteiger partial charge in [0, 0.05) is 25.0 Å². The van der Waals surface area contributed by atoms with Crippen molar-refractivity contribution in [2.75, 3.05) is 18.0 Å². The van der Waals surface area contributed by atoms with Crippen LogP contribution in [-0.4, -0.2) is 33.9 Å². The normalized spacial score (nSPS) is 14.1. The molecule has 2 aromatic rings. The summed E-state index contributed by atoms with van der Waals surface area (Å²) in [7, 11) is 0. The number of pyridine rings is 1. The minimum absolute atomic E-state index is 0.198. The Kier molecular flexibility index (Phi) is 4.27. The lowest BCUT2D eigenvalue weighted by atomic mass is 10.3. The summed E-state index contributed by atoms with van der Waals surface area (Å²) < 4.78 is 0. The van der Waals surface area contributed by atoms with Gasteiger partial charge in [0.1, 0.15) is 5.69 Å². The van der Waals surface area contributed by atoms with Crippen LogP contribution in [0.5, 0.6) is 0 Å². The summed E-state index contributed by atoms with van der Waals surface area (Å²) in [5.74, 6) is 0.456. The molecule has 3 rings (SSSR count). The molecule has 0 aromatic carbocycles. The van der Waals surface area contributed by atoms with Crippen LogP contribution >= 0.6 is 0 Å². The van der Waals surface area contributed by atoms with Crippen molar-refractivity contribution in [2.24, 2.45) is 0 Å². The van der Waals surface area contributed by atoms with Crippen molar-refractivity contribution in [1.82, 2.24) is 20.3 Å². The molecule has 0 bridgehead atoms. The monoisotopic (exact) mass is 297 g/mol. The second-order valence-electron chi connectivity index (χ2n) is 5.39. The topological polar surface area (TPSA) is 71.0 Å². The van der Waals surface area contributed by atoms with Gasteiger partial charge in [0.25, 0.3) is 5.91 Å². The Morgan fingerprint density at radius 3 is 2.82 bits per heavy atom. The largest absolute Gasteiger partial charge is 0.345 e. The molecule has 1 N–H and O–H groups in total. The zero-order chi connectivity index (χ0) is 15.4. The van der Waals surface area contributed by atoms with Crippen LogP contribution in [0.3, 0.4) is 0 Å². The van der Waals surface area contributed by atoms with Gasteiger partial charge in [0.15, 0.2) is 0 Å². The van der Waals surface area contributed by atoms with E-state index in [1.54, 1.807) is 12.3 Å². The lowest BCUT2D eigenvalue weighted by molar-refractivity contribution is 0.0945. The molecule has 0 radical (unpaired) electrons. The maximum absolute atomic E-state index is 12.3. The average molecular weight is 297 g/mol. The second kappa shape index (κ2) is 6.51. The quantitative estimate of drug-likeness (QED) is 0.930. The van der Waals surface area contributed by atoms with Gasteiger partial charge in [-0.1, -0.05) is 6.07 Å². The average Bonchev–Trinajstić information content (AvgIpc) is 3.07. The highest BCUT2D eigenvalue weighted by Crippen LogP contribution is 2.16. The zero-order valence-corrected chi connectivity index (χ0v) is 12.6. The number of aromatic nitrogens is 3. The molecule has 0 unspecified atom stereocenters. The molecule has 3 heterocycles. The van der Waals surface area contributed by atoms with Crippen LogP contribution in [0.25, 0.3) is 0 Å². The first-order valence-electron chi connectivity index (χ1n) is 7.51. The summed E-state index contributed by atoms with van der Waals surface area (Å²) in [5, 5.41) is 2.85. The minimum atomic E-state index is -0.198. The van der Waals surface area contributed by atoms with E-state index in [0.29, 0.717) is 18.2 Å². The van der Waals surface area contributed by atoms with Crippen molar-refractivity contribution in [3.63, 3.8) is 0 Å². The highest BCUT2D eigenvalue weighted by Gasteiger charge is 2.18. The molecule has 1 aliphatic rings. The fourth-order valence-electron chi connectivity index (χ4n) is 2.49. The lowest BCUT2D eigenvalue weighted by Crippen LogP contribution is -2.27. The lowest BCUT2D eigenvalue weighted by Gasteiger charge is -2.16. The molecule has 0 atom stereocenters. The third-order valence-electron chi connectivity index (χ3n) is 3.62. The van der Waals surface area contributed by atoms with Gasteiger partial charge in [0.2, 0.25) is 5.95 Å². The van der Waals surface area contributed by atoms with Crippen LogP contribution in [0.4, 0.5) is 5.95 Å². The first-order valence-corrected chi connectivity index (χ1v) is 7.51. The first-order chi connectivity index (χ1) is 10.7. The van der Waals surface area contributed by atoms with Crippen molar-refractivity contribution in [3.05, 3.63) is 47.5 Å². The zero-order valence-electron chi connectivity index (χ0n) is 12.6. The molecular formula is C16H19N5O. The molecule has 1 saturated heterocycles. The number of anilines is 1. The molecule has 0 saturated carbocycles. The Morgan fingerprint density at radius 1 is 1.27 bits per heavy atom. The van der Waals surface area contributed by atoms with Crippen LogP contribution < -0.4 is 10.2 Å². The molecule has 1 aliphatic heterocycles. The SMILES string of the molecule is Cc1cc(C(=O)NCc2ccccn2)nc(N2CCCC2)n1. The molecule has 114 valence electrons. The fraction of sp³-hybridized carbons (Fsp3) is 0.375. The van der Waals surface area contributed by atoms with Gasteiger partial charge in [-0.2, -0.15) is 0 Å². The summed E-state index contributed by atoms with van der Waals surface area (Å²) in [6.45, 7) is 4.19. The van der Waals surface area contributed by atoms with E-state index in [0.717, 1.165) is 37.3 Å². The molecule has 1 amide bonds. The summed E-state index contributed by atoms with van der Waals surface area (Å²) in [6.07, 6.45) is 4.01. The van der Waals surface area contributed by atoms with Gasteiger partial charge in [-0.15, -0.1) is 0 Å². The van der Waals surface area contributed by atoms with Gasteiger partial charge in [-0.3, -0.25) is 9.78 Å². The van der Waals surface area contributed by atoms with E-state index in [1.165, 1.54) is 0 Å². The Labute approximate surface area is 129 Å². The van der Waals surface area contributed by atoms with Crippen molar-refractivity contribution in [2.45, 2.75) is 26.3 Å². The number of hydrogen-bond acceptors (Lipinski definition) is 5. The van der Waals surface area contributed by atoms with E-state index in [1.807, 2.05) is 25.1 Å². The van der Waals surface area contributed by atoms with Gasteiger partial charge >= 0.3 is 0 Å². The van der Waals surface area contributed by atoms with Crippen molar-refractivity contribution >= 4 is 11.9 Å². The minimum Gasteiger partial charge on any atom is -0.345 e. The first kappa shape index (κ1) is 14.4. The second-order valence-corrected chi connectivity index (χ2v) is 5.39. The number of carbonyl (C=O) groups excluding carboxylic acids is 1. The fourth-order valence-corrected chi connectivity index (χ4v) is 2.49. The molecule has 0 aliphatic carbocycles. The molecule has 2 aromatic heterocycles. The van der Waals surface area contributed by atoms with E-state index in [-0.39, 0.29) is 5.91 Å². The smallest absolute Gasteiger partial charge is 0.270 e. The maximum atomic E-state index is 12.3. The van der Waals surface area contributed by atoms with Crippen LogP contribution in [0.15, 0.2) is 30.5 Å². The van der Waals surface area contributed by atoms with E-state index >= 15 is 0 Å². The molecule has 6 nitrogen and oxygen atoms in total. The van der Waals surface area contributed by atoms with E-state index in [2.05, 4.69) is 25.2 Å². The van der Waals surface area contributed by atoms with Crippen LogP contribution in [0.1, 0.15) is 34.7 Å². The standard InChI is InChI=1S/C16H19N5O/c1-12-10-14(20-16(19-12)21-8-4-5-9-21)15(22)18-11-13-6-2-3-7-17-13/h2-3,6-7,10H,4-5,8-9,11H2,1H3,(H,18,22). The van der Waals surface area contributed by atoms with Crippen molar-refractivity contribution in [1.29, 1.82) is 0 Å². The predicted molar refractivity (Wildman–Crippen MR) is 83.6 cm³/mol. The van der Waals surface area contributed by atoms with Crippen LogP contribution in [0.2, 0.25) is 0 Å². The highest BCUT2D eigenvalue weighted by atomic mass is 16.1. The number of hydrogen-bond donors (Lipinski definition) is 1. The number of rotatable bonds is 4. The highest BCUT2D eigenvalue weighted by molar-refractivity contribution is 5.92. The summed E-state index contributed by atoms with van der Waals surface area (Å²) in [5.41, 5.74) is 2.03. The molecule has 6 heteroatoms. The van der Waals surface area contributed by atoms with Crippen LogP contribution in [-0.2, 0) is 6.54 Å². The third-order valence-corrected chi connectivity index (χ3v) is 3.62. The number of nitrogens with one attached hydrogen (secondary N) is 1. The summed E-state index contributed by atoms with van der Waals surface area (Å²) in [4.78, 5) is 27.5. The van der Waals surface area contributed by atoms with Crippen molar-refractivity contribution < 1.29 is 4.79 Å². The van der Waals surface area contributed by atoms with Gasteiger partial charge in [-0.25, -0.2) is 9.97 Å². The van der Waals surface area contributed by atoms with Crippen LogP contribution in [0, 0.1) is 6.92 Å². The Bertz CT molecular complexity index is 653. The maximum Gasteiger partial charge on any atom is 0.270 e. The van der Waals surface area contributed by atoms with Gasteiger partial charge < -0.3 is 10.2 Å². The van der Waals surface area contributed by atoms with E-state index < -0.39 is 0 Å². The molecular weight excluding hydrogens is 278 g/mol. The number of aryl methyl sites for hydroxylation is 1. The molecule has 22 heavy (non-hydrogen) atoms. The molecule has 1 fully saturated rings. The Hall–Kier alpha value is -2.50. The Balaban J connectivity index is 1.71. The Morgan fingerprint density at radius 2 is 2.09 bits per heavy atom. The number of amides is 1. The third kappa shape index (κ3) is 3.39. The summed E-state index contributed by atoms with van der Waals surface area (Å²) >= 11 is 0. The number of carbonyl (C=O) groups is 1. The summed E-state index contributed by atoms with van der Waals surface area (Å²) in [6, 6.07) is 7.34. The van der Waals surface area contributed by atoms with Gasteiger partial charge in [-0.05, 0) is 38.0 Å². The molecule has 0 spiro atoms. The van der Waals surface area contributed by atoms with Crippen molar-refractivity contribution in [3.8, 4) is 0 Å².